The lowest BCUT2D eigenvalue weighted by atomic mass is 10.4. The Hall–Kier alpha value is 1.02. The minimum Gasteiger partial charge on any atom is -0.0532 e. The molecule has 1 radical (unpaired) electrons. The maximum absolute atomic E-state index is 5.74. The van der Waals surface area contributed by atoms with E-state index in [1.54, 1.807) is 12.1 Å². The summed E-state index contributed by atoms with van der Waals surface area (Å²) in [6, 6.07) is 8.96. The molecule has 0 N–H and O–H groups in total. The third-order valence-corrected chi connectivity index (χ3v) is 4.97. The summed E-state index contributed by atoms with van der Waals surface area (Å²) in [6.07, 6.45) is 0. The van der Waals surface area contributed by atoms with Gasteiger partial charge in [-0.15, -0.1) is 0 Å². The zero-order valence-electron chi connectivity index (χ0n) is 5.61. The van der Waals surface area contributed by atoms with Gasteiger partial charge >= 0.3 is 0 Å². The van der Waals surface area contributed by atoms with Crippen LogP contribution in [0.25, 0.3) is 0 Å². The smallest absolute Gasteiger partial charge is 0.0440 e. The van der Waals surface area contributed by atoms with Crippen molar-refractivity contribution in [1.82, 2.24) is 0 Å². The van der Waals surface area contributed by atoms with Crippen LogP contribution < -0.4 is 0 Å². The highest BCUT2D eigenvalue weighted by Crippen LogP contribution is 3.12. The second-order valence-corrected chi connectivity index (χ2v) is 20.9. The van der Waals surface area contributed by atoms with Gasteiger partial charge in [0.2, 0.25) is 0 Å². The minimum atomic E-state index is -4.59. The maximum atomic E-state index is 5.74. The summed E-state index contributed by atoms with van der Waals surface area (Å²) in [5.41, 5.74) is 0. The fourth-order valence-corrected chi connectivity index (χ4v) is 2.82. The molecule has 1 rings (SSSR count). The average molecular weight is 285 g/mol. The Morgan fingerprint density at radius 2 is 1.33 bits per heavy atom. The van der Waals surface area contributed by atoms with Gasteiger partial charge in [-0.3, -0.25) is 0 Å². The van der Waals surface area contributed by atoms with Gasteiger partial charge in [0.05, 0.1) is 0 Å². The van der Waals surface area contributed by atoms with Gasteiger partial charge in [0, 0.05) is 9.26 Å². The largest absolute Gasteiger partial charge is 0.0532 e. The molecule has 0 aromatic heterocycles. The van der Waals surface area contributed by atoms with E-state index in [2.05, 4.69) is 6.07 Å². The number of rotatable bonds is 1. The first-order valence-electron chi connectivity index (χ1n) is 2.80. The second kappa shape index (κ2) is 2.53. The van der Waals surface area contributed by atoms with Crippen molar-refractivity contribution in [2.24, 2.45) is 0 Å². The quantitative estimate of drug-likeness (QED) is 0.640. The molecule has 0 saturated heterocycles. The van der Waals surface area contributed by atoms with Crippen molar-refractivity contribution in [3.63, 3.8) is 0 Å². The molecule has 1 aromatic carbocycles. The van der Waals surface area contributed by atoms with Crippen LogP contribution in [0.3, 0.4) is 0 Å². The van der Waals surface area contributed by atoms with Crippen molar-refractivity contribution in [1.29, 1.82) is 0 Å². The summed E-state index contributed by atoms with van der Waals surface area (Å²) < 4.78 is -4.59. The Bertz CT molecular complexity index is 285. The van der Waals surface area contributed by atoms with E-state index in [-0.39, 0.29) is 4.90 Å². The van der Waals surface area contributed by atoms with Crippen LogP contribution >= 0.6 is 57.8 Å². The third-order valence-electron chi connectivity index (χ3n) is 1.13. The monoisotopic (exact) mass is 283 g/mol. The zero-order chi connectivity index (χ0) is 9.52. The first kappa shape index (κ1) is 11.1. The lowest BCUT2D eigenvalue weighted by Crippen LogP contribution is -1.97. The van der Waals surface area contributed by atoms with E-state index >= 15 is 0 Å². The van der Waals surface area contributed by atoms with Gasteiger partial charge in [-0.2, -0.15) is 0 Å². The normalized spacial score (nSPS) is 18.1. The predicted octanol–water partition coefficient (Wildman–Crippen LogP) is 5.49. The zero-order valence-corrected chi connectivity index (χ0v) is 10.2. The molecular weight excluding hydrogens is 281 g/mol. The summed E-state index contributed by atoms with van der Waals surface area (Å²) >= 11 is 0. The van der Waals surface area contributed by atoms with Crippen LogP contribution in [0.1, 0.15) is 0 Å². The number of hydrogen-bond donors (Lipinski definition) is 0. The molecule has 1 aromatic rings. The molecular formula is C6H4Cl5S. The Kier molecular flexibility index (Phi) is 2.34. The van der Waals surface area contributed by atoms with Crippen LogP contribution in [0.15, 0.2) is 29.2 Å². The van der Waals surface area contributed by atoms with Crippen molar-refractivity contribution in [2.75, 3.05) is 0 Å². The molecule has 6 heteroatoms. The molecule has 12 heavy (non-hydrogen) atoms. The van der Waals surface area contributed by atoms with Crippen molar-refractivity contribution in [2.45, 2.75) is 4.90 Å². The molecule has 0 aliphatic heterocycles. The number of halogens is 5. The summed E-state index contributed by atoms with van der Waals surface area (Å²) in [6.45, 7) is 0. The van der Waals surface area contributed by atoms with Gasteiger partial charge < -0.3 is 0 Å². The molecule has 0 fully saturated rings. The SMILES string of the molecule is ClS(Cl)(Cl)(Cl)(Cl)c1cc[c]cc1. The Labute approximate surface area is 92.5 Å². The van der Waals surface area contributed by atoms with Gasteiger partial charge in [0.25, 0.3) is 0 Å². The Morgan fingerprint density at radius 1 is 0.917 bits per heavy atom. The first-order chi connectivity index (χ1) is 5.09. The summed E-state index contributed by atoms with van der Waals surface area (Å²) in [5, 5.41) is 0. The second-order valence-electron chi connectivity index (χ2n) is 2.20. The van der Waals surface area contributed by atoms with Gasteiger partial charge in [-0.1, -0.05) is 12.1 Å². The van der Waals surface area contributed by atoms with E-state index in [1.165, 1.54) is 12.1 Å². The van der Waals surface area contributed by atoms with Crippen molar-refractivity contribution >= 4 is 57.8 Å². The molecule has 0 nitrogen and oxygen atoms in total. The maximum Gasteiger partial charge on any atom is 0.0440 e. The number of benzene rings is 1. The molecule has 0 aliphatic rings. The van der Waals surface area contributed by atoms with E-state index in [9.17, 15) is 0 Å². The van der Waals surface area contributed by atoms with Crippen LogP contribution in [0.4, 0.5) is 0 Å². The third kappa shape index (κ3) is 3.06. The van der Waals surface area contributed by atoms with Gasteiger partial charge in [0.1, 0.15) is 0 Å². The summed E-state index contributed by atoms with van der Waals surface area (Å²) in [4.78, 5) is 0.280. The molecule has 0 atom stereocenters. The molecule has 69 valence electrons. The standard InChI is InChI=1S/C6H4Cl5S/c7-12(8,9,10,11)6-4-2-1-3-5-6/h2-5H. The van der Waals surface area contributed by atoms with Crippen LogP contribution in [0.2, 0.25) is 0 Å². The highest BCUT2D eigenvalue weighted by Gasteiger charge is 2.53. The lowest BCUT2D eigenvalue weighted by molar-refractivity contribution is 1.46. The first-order valence-corrected chi connectivity index (χ1v) is 9.38. The summed E-state index contributed by atoms with van der Waals surface area (Å²) in [7, 11) is 28.7. The topological polar surface area (TPSA) is 0 Å². The molecule has 0 heterocycles. The molecule has 0 unspecified atom stereocenters. The lowest BCUT2D eigenvalue weighted by Gasteiger charge is -2.50. The van der Waals surface area contributed by atoms with Gasteiger partial charge in [-0.25, -0.2) is 0 Å². The van der Waals surface area contributed by atoms with Gasteiger partial charge in [-0.05, 0) is 71.6 Å². The van der Waals surface area contributed by atoms with Crippen molar-refractivity contribution in [3.8, 4) is 0 Å². The highest BCUT2D eigenvalue weighted by molar-refractivity contribution is 9.23. The van der Waals surface area contributed by atoms with E-state index in [1.807, 2.05) is 0 Å². The van der Waals surface area contributed by atoms with Crippen molar-refractivity contribution < 1.29 is 0 Å². The van der Waals surface area contributed by atoms with Crippen LogP contribution in [0.5, 0.6) is 0 Å². The van der Waals surface area contributed by atoms with E-state index in [0.29, 0.717) is 0 Å². The fraction of sp³-hybridized carbons (Fsp3) is 0. The molecule has 0 aliphatic carbocycles. The minimum absolute atomic E-state index is 0.280. The van der Waals surface area contributed by atoms with E-state index < -0.39 is 4.36 Å². The molecule has 0 bridgehead atoms. The van der Waals surface area contributed by atoms with E-state index in [0.717, 1.165) is 0 Å². The van der Waals surface area contributed by atoms with Crippen molar-refractivity contribution in [3.05, 3.63) is 30.3 Å². The summed E-state index contributed by atoms with van der Waals surface area (Å²) in [5.74, 6) is 0. The number of hydrogen-bond acceptors (Lipinski definition) is 0. The molecule has 0 spiro atoms. The van der Waals surface area contributed by atoms with Crippen LogP contribution in [-0.4, -0.2) is 0 Å². The Morgan fingerprint density at radius 3 is 1.58 bits per heavy atom. The molecule has 0 amide bonds. The van der Waals surface area contributed by atoms with Gasteiger partial charge in [0.15, 0.2) is 0 Å². The predicted molar refractivity (Wildman–Crippen MR) is 60.4 cm³/mol. The van der Waals surface area contributed by atoms with Crippen LogP contribution in [-0.2, 0) is 0 Å². The highest BCUT2D eigenvalue weighted by atomic mass is 36.6. The fourth-order valence-electron chi connectivity index (χ4n) is 0.629. The molecule has 0 saturated carbocycles. The Balaban J connectivity index is 3.36. The van der Waals surface area contributed by atoms with E-state index in [4.69, 9.17) is 53.4 Å². The van der Waals surface area contributed by atoms with Crippen LogP contribution in [0, 0.1) is 6.07 Å². The average Bonchev–Trinajstić information content (AvgIpc) is 1.85.